The lowest BCUT2D eigenvalue weighted by atomic mass is 9.92. The number of nitrogens with two attached hydrogens (primary N) is 1. The number of hydrogen-bond donors (Lipinski definition) is 2. The molecule has 1 aromatic rings. The molecule has 0 amide bonds. The molecule has 1 rings (SSSR count). The van der Waals surface area contributed by atoms with Gasteiger partial charge in [-0.3, -0.25) is 0 Å². The summed E-state index contributed by atoms with van der Waals surface area (Å²) in [5.74, 6) is 5.76. The first kappa shape index (κ1) is 15.6. The minimum atomic E-state index is -4.36. The molecule has 8 heteroatoms. The second kappa shape index (κ2) is 5.70. The highest BCUT2D eigenvalue weighted by Crippen LogP contribution is 2.22. The molecule has 0 atom stereocenters. The third-order valence-electron chi connectivity index (χ3n) is 2.19. The van der Waals surface area contributed by atoms with Crippen LogP contribution in [0.25, 0.3) is 0 Å². The van der Waals surface area contributed by atoms with Crippen LogP contribution in [0.1, 0.15) is 32.3 Å². The van der Waals surface area contributed by atoms with Crippen molar-refractivity contribution in [1.29, 1.82) is 0 Å². The average Bonchev–Trinajstić information content (AvgIpc) is 2.25. The van der Waals surface area contributed by atoms with Gasteiger partial charge in [0.25, 0.3) is 0 Å². The van der Waals surface area contributed by atoms with Crippen LogP contribution in [0.3, 0.4) is 0 Å². The van der Waals surface area contributed by atoms with E-state index in [-0.39, 0.29) is 17.8 Å². The van der Waals surface area contributed by atoms with Gasteiger partial charge in [-0.05, 0) is 0 Å². The van der Waals surface area contributed by atoms with Gasteiger partial charge in [0, 0.05) is 11.5 Å². The van der Waals surface area contributed by atoms with Gasteiger partial charge in [0.05, 0.1) is 5.69 Å². The number of aromatic nitrogens is 2. The van der Waals surface area contributed by atoms with Gasteiger partial charge < -0.3 is 10.2 Å². The first-order valence-corrected chi connectivity index (χ1v) is 5.61. The van der Waals surface area contributed by atoms with Gasteiger partial charge >= 0.3 is 6.18 Å². The predicted molar refractivity (Wildman–Crippen MR) is 64.3 cm³/mol. The molecule has 0 aromatic carbocycles. The van der Waals surface area contributed by atoms with Gasteiger partial charge in [-0.15, -0.1) is 0 Å². The van der Waals surface area contributed by atoms with Gasteiger partial charge in [0.2, 0.25) is 0 Å². The Morgan fingerprint density at radius 2 is 1.89 bits per heavy atom. The van der Waals surface area contributed by atoms with Gasteiger partial charge in [-0.1, -0.05) is 20.8 Å². The minimum Gasteiger partial charge on any atom is -0.364 e. The van der Waals surface area contributed by atoms with E-state index in [0.29, 0.717) is 11.5 Å². The summed E-state index contributed by atoms with van der Waals surface area (Å²) >= 11 is 0. The molecule has 0 saturated carbocycles. The summed E-state index contributed by atoms with van der Waals surface area (Å²) in [5.41, 5.74) is 2.75. The average molecular weight is 278 g/mol. The lowest BCUT2D eigenvalue weighted by molar-refractivity contribution is -0.177. The number of halogens is 3. The van der Waals surface area contributed by atoms with Crippen molar-refractivity contribution in [3.63, 3.8) is 0 Å². The molecule has 0 fully saturated rings. The fraction of sp³-hybridized carbons (Fsp3) is 0.636. The molecular weight excluding hydrogens is 261 g/mol. The van der Waals surface area contributed by atoms with Crippen molar-refractivity contribution < 1.29 is 17.9 Å². The molecule has 1 aromatic heterocycles. The van der Waals surface area contributed by atoms with E-state index in [1.165, 1.54) is 0 Å². The van der Waals surface area contributed by atoms with Crippen LogP contribution in [0, 0.1) is 0 Å². The zero-order chi connectivity index (χ0) is 14.7. The number of ether oxygens (including phenoxy) is 1. The Morgan fingerprint density at radius 1 is 1.26 bits per heavy atom. The number of anilines is 1. The summed E-state index contributed by atoms with van der Waals surface area (Å²) in [5, 5.41) is 0. The van der Waals surface area contributed by atoms with E-state index in [0.717, 1.165) is 0 Å². The molecule has 3 N–H and O–H groups in total. The van der Waals surface area contributed by atoms with Crippen molar-refractivity contribution in [2.45, 2.75) is 39.0 Å². The number of rotatable bonds is 4. The highest BCUT2D eigenvalue weighted by Gasteiger charge is 2.27. The Morgan fingerprint density at radius 3 is 2.37 bits per heavy atom. The van der Waals surface area contributed by atoms with Crippen LogP contribution in [0.2, 0.25) is 0 Å². The van der Waals surface area contributed by atoms with Crippen LogP contribution in [0.15, 0.2) is 6.07 Å². The fourth-order valence-corrected chi connectivity index (χ4v) is 1.28. The van der Waals surface area contributed by atoms with E-state index in [4.69, 9.17) is 5.84 Å². The normalized spacial score (nSPS) is 12.6. The standard InChI is InChI=1S/C11H17F3N4O/c1-10(2,3)7-4-8(18-15)17-9(16-7)5-19-6-11(12,13)14/h4H,5-6,15H2,1-3H3,(H,16,17,18). The largest absolute Gasteiger partial charge is 0.411 e. The van der Waals surface area contributed by atoms with Gasteiger partial charge in [0.15, 0.2) is 5.82 Å². The third kappa shape index (κ3) is 5.39. The fourth-order valence-electron chi connectivity index (χ4n) is 1.28. The monoisotopic (exact) mass is 278 g/mol. The number of nitrogen functional groups attached to an aromatic ring is 1. The molecule has 108 valence electrons. The summed E-state index contributed by atoms with van der Waals surface area (Å²) < 4.78 is 40.5. The first-order chi connectivity index (χ1) is 8.62. The van der Waals surface area contributed by atoms with Crippen molar-refractivity contribution in [3.8, 4) is 0 Å². The van der Waals surface area contributed by atoms with Crippen molar-refractivity contribution in [1.82, 2.24) is 9.97 Å². The maximum Gasteiger partial charge on any atom is 0.411 e. The van der Waals surface area contributed by atoms with E-state index in [1.54, 1.807) is 6.07 Å². The number of alkyl halides is 3. The van der Waals surface area contributed by atoms with E-state index in [9.17, 15) is 13.2 Å². The Balaban J connectivity index is 2.83. The highest BCUT2D eigenvalue weighted by molar-refractivity contribution is 5.36. The first-order valence-electron chi connectivity index (χ1n) is 5.61. The highest BCUT2D eigenvalue weighted by atomic mass is 19.4. The van der Waals surface area contributed by atoms with Crippen LogP contribution in [0.5, 0.6) is 0 Å². The van der Waals surface area contributed by atoms with Crippen molar-refractivity contribution in [2.75, 3.05) is 12.0 Å². The van der Waals surface area contributed by atoms with E-state index in [1.807, 2.05) is 20.8 Å². The van der Waals surface area contributed by atoms with Crippen molar-refractivity contribution in [3.05, 3.63) is 17.6 Å². The second-order valence-electron chi connectivity index (χ2n) is 5.06. The summed E-state index contributed by atoms with van der Waals surface area (Å²) in [4.78, 5) is 8.12. The zero-order valence-electron chi connectivity index (χ0n) is 11.0. The lowest BCUT2D eigenvalue weighted by Gasteiger charge is -2.19. The molecular formula is C11H17F3N4O. The molecule has 0 bridgehead atoms. The summed E-state index contributed by atoms with van der Waals surface area (Å²) in [7, 11) is 0. The van der Waals surface area contributed by atoms with Crippen molar-refractivity contribution >= 4 is 5.82 Å². The van der Waals surface area contributed by atoms with Crippen molar-refractivity contribution in [2.24, 2.45) is 5.84 Å². The molecule has 0 saturated heterocycles. The summed E-state index contributed by atoms with van der Waals surface area (Å²) in [6.45, 7) is 4.13. The molecule has 1 heterocycles. The topological polar surface area (TPSA) is 73.1 Å². The SMILES string of the molecule is CC(C)(C)c1cc(NN)nc(COCC(F)(F)F)n1. The van der Waals surface area contributed by atoms with E-state index in [2.05, 4.69) is 20.1 Å². The minimum absolute atomic E-state index is 0.157. The summed E-state index contributed by atoms with van der Waals surface area (Å²) in [6.07, 6.45) is -4.36. The maximum absolute atomic E-state index is 12.0. The summed E-state index contributed by atoms with van der Waals surface area (Å²) in [6, 6.07) is 1.65. The molecule has 0 aliphatic carbocycles. The Kier molecular flexibility index (Phi) is 4.70. The smallest absolute Gasteiger partial charge is 0.364 e. The zero-order valence-corrected chi connectivity index (χ0v) is 11.0. The lowest BCUT2D eigenvalue weighted by Crippen LogP contribution is -2.20. The Labute approximate surface area is 109 Å². The van der Waals surface area contributed by atoms with Crippen LogP contribution in [-0.4, -0.2) is 22.8 Å². The van der Waals surface area contributed by atoms with E-state index >= 15 is 0 Å². The Bertz CT molecular complexity index is 429. The van der Waals surface area contributed by atoms with Crippen LogP contribution < -0.4 is 11.3 Å². The predicted octanol–water partition coefficient (Wildman–Crippen LogP) is 2.14. The van der Waals surface area contributed by atoms with Gasteiger partial charge in [-0.25, -0.2) is 15.8 Å². The van der Waals surface area contributed by atoms with Crippen LogP contribution in [-0.2, 0) is 16.8 Å². The van der Waals surface area contributed by atoms with Gasteiger partial charge in [0.1, 0.15) is 19.0 Å². The molecule has 0 aliphatic heterocycles. The van der Waals surface area contributed by atoms with Crippen LogP contribution >= 0.6 is 0 Å². The quantitative estimate of drug-likeness (QED) is 0.652. The second-order valence-corrected chi connectivity index (χ2v) is 5.06. The third-order valence-corrected chi connectivity index (χ3v) is 2.19. The maximum atomic E-state index is 12.0. The molecule has 0 unspecified atom stereocenters. The number of hydrazine groups is 1. The number of nitrogens with one attached hydrogen (secondary N) is 1. The molecule has 0 radical (unpaired) electrons. The number of hydrogen-bond acceptors (Lipinski definition) is 5. The molecule has 5 nitrogen and oxygen atoms in total. The Hall–Kier alpha value is -1.41. The molecule has 0 aliphatic rings. The van der Waals surface area contributed by atoms with Crippen LogP contribution in [0.4, 0.5) is 19.0 Å². The van der Waals surface area contributed by atoms with Gasteiger partial charge in [-0.2, -0.15) is 13.2 Å². The number of nitrogens with zero attached hydrogens (tertiary/aromatic N) is 2. The molecule has 0 spiro atoms. The molecule has 19 heavy (non-hydrogen) atoms. The van der Waals surface area contributed by atoms with E-state index < -0.39 is 12.8 Å².